The molecule has 6 heteroatoms. The molecule has 4 nitrogen and oxygen atoms in total. The van der Waals surface area contributed by atoms with Gasteiger partial charge in [0.15, 0.2) is 5.65 Å². The fraction of sp³-hybridized carbons (Fsp3) is 0.0417. The van der Waals surface area contributed by atoms with E-state index in [4.69, 9.17) is 16.7 Å². The second-order valence-corrected chi connectivity index (χ2v) is 8.21. The third-order valence-electron chi connectivity index (χ3n) is 4.78. The lowest BCUT2D eigenvalue weighted by Gasteiger charge is -2.06. The summed E-state index contributed by atoms with van der Waals surface area (Å²) in [5, 5.41) is 14.8. The highest BCUT2D eigenvalue weighted by molar-refractivity contribution is 7.98. The predicted molar refractivity (Wildman–Crippen MR) is 123 cm³/mol. The van der Waals surface area contributed by atoms with Gasteiger partial charge in [0.1, 0.15) is 0 Å². The second-order valence-electron chi connectivity index (χ2n) is 6.83. The van der Waals surface area contributed by atoms with Crippen molar-refractivity contribution >= 4 is 29.0 Å². The molecule has 0 unspecified atom stereocenters. The van der Waals surface area contributed by atoms with Crippen LogP contribution in [0.1, 0.15) is 5.56 Å². The Bertz CT molecular complexity index is 1300. The topological polar surface area (TPSA) is 43.1 Å². The zero-order valence-corrected chi connectivity index (χ0v) is 17.5. The molecule has 0 amide bonds. The largest absolute Gasteiger partial charge is 0.212 e. The Kier molecular flexibility index (Phi) is 5.22. The Hall–Kier alpha value is -3.15. The number of hydrogen-bond acceptors (Lipinski definition) is 4. The first kappa shape index (κ1) is 18.9. The standard InChI is InChI=1S/C24H17ClN4S/c25-21-8-4-5-17(15-21)16-30-24-27-26-23-14-13-22(28-29(23)24)20-11-9-19(10-12-20)18-6-2-1-3-7-18/h1-15H,16H2. The van der Waals surface area contributed by atoms with Crippen LogP contribution in [-0.4, -0.2) is 19.8 Å². The van der Waals surface area contributed by atoms with E-state index >= 15 is 0 Å². The van der Waals surface area contributed by atoms with Gasteiger partial charge in [0.2, 0.25) is 5.16 Å². The van der Waals surface area contributed by atoms with E-state index in [2.05, 4.69) is 52.7 Å². The Labute approximate surface area is 183 Å². The summed E-state index contributed by atoms with van der Waals surface area (Å²) in [5.74, 6) is 0.749. The molecule has 0 fully saturated rings. The molecule has 0 aliphatic carbocycles. The van der Waals surface area contributed by atoms with Crippen molar-refractivity contribution in [2.75, 3.05) is 0 Å². The molecule has 0 spiro atoms. The molecule has 2 aromatic heterocycles. The number of rotatable bonds is 5. The molecule has 30 heavy (non-hydrogen) atoms. The van der Waals surface area contributed by atoms with Gasteiger partial charge in [-0.2, -0.15) is 9.61 Å². The smallest absolute Gasteiger partial charge is 0.187 e. The highest BCUT2D eigenvalue weighted by Crippen LogP contribution is 2.26. The minimum atomic E-state index is 0.730. The number of aromatic nitrogens is 4. The van der Waals surface area contributed by atoms with Crippen molar-refractivity contribution in [3.05, 3.63) is 102 Å². The molecular formula is C24H17ClN4S. The third-order valence-corrected chi connectivity index (χ3v) is 6.00. The molecule has 5 rings (SSSR count). The minimum Gasteiger partial charge on any atom is -0.187 e. The van der Waals surface area contributed by atoms with Gasteiger partial charge in [-0.05, 0) is 41.0 Å². The van der Waals surface area contributed by atoms with Crippen LogP contribution in [0.3, 0.4) is 0 Å². The van der Waals surface area contributed by atoms with E-state index in [9.17, 15) is 0 Å². The van der Waals surface area contributed by atoms with Crippen molar-refractivity contribution in [1.82, 2.24) is 19.8 Å². The summed E-state index contributed by atoms with van der Waals surface area (Å²) in [6, 6.07) is 30.6. The highest BCUT2D eigenvalue weighted by atomic mass is 35.5. The molecule has 0 aliphatic rings. The van der Waals surface area contributed by atoms with Gasteiger partial charge in [-0.25, -0.2) is 0 Å². The van der Waals surface area contributed by atoms with Crippen molar-refractivity contribution < 1.29 is 0 Å². The number of fused-ring (bicyclic) bond motifs is 1. The molecule has 0 saturated heterocycles. The van der Waals surface area contributed by atoms with E-state index in [1.165, 1.54) is 11.1 Å². The maximum Gasteiger partial charge on any atom is 0.212 e. The zero-order chi connectivity index (χ0) is 20.3. The van der Waals surface area contributed by atoms with Crippen LogP contribution in [0.15, 0.2) is 96.2 Å². The van der Waals surface area contributed by atoms with Crippen LogP contribution in [0.2, 0.25) is 5.02 Å². The Morgan fingerprint density at radius 2 is 1.50 bits per heavy atom. The van der Waals surface area contributed by atoms with Crippen LogP contribution in [0.5, 0.6) is 0 Å². The van der Waals surface area contributed by atoms with E-state index in [0.29, 0.717) is 0 Å². The van der Waals surface area contributed by atoms with E-state index in [0.717, 1.165) is 38.4 Å². The maximum absolute atomic E-state index is 6.08. The van der Waals surface area contributed by atoms with Gasteiger partial charge in [-0.3, -0.25) is 0 Å². The van der Waals surface area contributed by atoms with Crippen LogP contribution in [0, 0.1) is 0 Å². The average Bonchev–Trinajstić information content (AvgIpc) is 3.21. The monoisotopic (exact) mass is 428 g/mol. The van der Waals surface area contributed by atoms with Crippen molar-refractivity contribution in [2.45, 2.75) is 10.9 Å². The molecular weight excluding hydrogens is 412 g/mol. The molecule has 0 aliphatic heterocycles. The van der Waals surface area contributed by atoms with Crippen molar-refractivity contribution in [2.24, 2.45) is 0 Å². The Morgan fingerprint density at radius 3 is 2.30 bits per heavy atom. The number of benzene rings is 3. The molecule has 0 radical (unpaired) electrons. The van der Waals surface area contributed by atoms with Crippen LogP contribution in [0.4, 0.5) is 0 Å². The number of hydrogen-bond donors (Lipinski definition) is 0. The molecule has 3 aromatic carbocycles. The van der Waals surface area contributed by atoms with Crippen molar-refractivity contribution in [3.63, 3.8) is 0 Å². The quantitative estimate of drug-likeness (QED) is 0.303. The van der Waals surface area contributed by atoms with Crippen LogP contribution >= 0.6 is 23.4 Å². The van der Waals surface area contributed by atoms with Gasteiger partial charge in [0.05, 0.1) is 5.69 Å². The second kappa shape index (κ2) is 8.30. The molecule has 2 heterocycles. The van der Waals surface area contributed by atoms with Crippen LogP contribution in [0.25, 0.3) is 28.0 Å². The fourth-order valence-corrected chi connectivity index (χ4v) is 4.30. The summed E-state index contributed by atoms with van der Waals surface area (Å²) in [7, 11) is 0. The van der Waals surface area contributed by atoms with E-state index < -0.39 is 0 Å². The molecule has 146 valence electrons. The Balaban J connectivity index is 1.41. The molecule has 0 bridgehead atoms. The summed E-state index contributed by atoms with van der Waals surface area (Å²) in [5.41, 5.74) is 6.18. The minimum absolute atomic E-state index is 0.730. The summed E-state index contributed by atoms with van der Waals surface area (Å²) >= 11 is 7.67. The van der Waals surface area contributed by atoms with Crippen LogP contribution in [-0.2, 0) is 5.75 Å². The van der Waals surface area contributed by atoms with E-state index in [-0.39, 0.29) is 0 Å². The number of nitrogens with zero attached hydrogens (tertiary/aromatic N) is 4. The first-order valence-electron chi connectivity index (χ1n) is 9.52. The average molecular weight is 429 g/mol. The molecule has 5 aromatic rings. The highest BCUT2D eigenvalue weighted by Gasteiger charge is 2.10. The normalized spacial score (nSPS) is 11.1. The van der Waals surface area contributed by atoms with E-state index in [1.807, 2.05) is 48.5 Å². The first-order valence-corrected chi connectivity index (χ1v) is 10.9. The predicted octanol–water partition coefficient (Wildman–Crippen LogP) is 6.40. The van der Waals surface area contributed by atoms with Crippen LogP contribution < -0.4 is 0 Å². The summed E-state index contributed by atoms with van der Waals surface area (Å²) < 4.78 is 1.80. The molecule has 0 saturated carbocycles. The van der Waals surface area contributed by atoms with Gasteiger partial charge < -0.3 is 0 Å². The van der Waals surface area contributed by atoms with E-state index in [1.54, 1.807) is 16.3 Å². The zero-order valence-electron chi connectivity index (χ0n) is 15.9. The molecule has 0 N–H and O–H groups in total. The number of thioether (sulfide) groups is 1. The lowest BCUT2D eigenvalue weighted by Crippen LogP contribution is -1.96. The fourth-order valence-electron chi connectivity index (χ4n) is 3.25. The van der Waals surface area contributed by atoms with Gasteiger partial charge >= 0.3 is 0 Å². The summed E-state index contributed by atoms with van der Waals surface area (Å²) in [6.07, 6.45) is 0. The molecule has 0 atom stereocenters. The van der Waals surface area contributed by atoms with Crippen molar-refractivity contribution in [3.8, 4) is 22.4 Å². The van der Waals surface area contributed by atoms with Gasteiger partial charge in [0.25, 0.3) is 0 Å². The maximum atomic E-state index is 6.08. The lowest BCUT2D eigenvalue weighted by molar-refractivity contribution is 0.813. The van der Waals surface area contributed by atoms with Gasteiger partial charge in [-0.1, -0.05) is 90.1 Å². The number of halogens is 1. The van der Waals surface area contributed by atoms with Gasteiger partial charge in [-0.15, -0.1) is 10.2 Å². The SMILES string of the molecule is Clc1cccc(CSc2nnc3ccc(-c4ccc(-c5ccccc5)cc4)nn23)c1. The first-order chi connectivity index (χ1) is 14.8. The third kappa shape index (κ3) is 3.95. The van der Waals surface area contributed by atoms with Crippen molar-refractivity contribution in [1.29, 1.82) is 0 Å². The summed E-state index contributed by atoms with van der Waals surface area (Å²) in [4.78, 5) is 0. The lowest BCUT2D eigenvalue weighted by atomic mass is 10.0. The summed E-state index contributed by atoms with van der Waals surface area (Å²) in [6.45, 7) is 0. The Morgan fingerprint density at radius 1 is 0.733 bits per heavy atom. The van der Waals surface area contributed by atoms with Gasteiger partial charge in [0, 0.05) is 16.3 Å².